The second-order valence-corrected chi connectivity index (χ2v) is 7.85. The van der Waals surface area contributed by atoms with Crippen molar-refractivity contribution in [1.82, 2.24) is 9.80 Å². The molecule has 0 radical (unpaired) electrons. The van der Waals surface area contributed by atoms with E-state index in [-0.39, 0.29) is 5.91 Å². The van der Waals surface area contributed by atoms with Crippen molar-refractivity contribution in [3.05, 3.63) is 60.2 Å². The number of aliphatic imine (C=N–C) groups is 1. The number of likely N-dealkylation sites (N-methyl/N-ethyl adjacent to an activating group) is 1. The molecule has 0 aromatic heterocycles. The van der Waals surface area contributed by atoms with E-state index in [2.05, 4.69) is 35.2 Å². The van der Waals surface area contributed by atoms with E-state index < -0.39 is 0 Å². The highest BCUT2D eigenvalue weighted by atomic mass is 32.2. The minimum absolute atomic E-state index is 0.00635. The Morgan fingerprint density at radius 1 is 1.07 bits per heavy atom. The molecule has 0 saturated carbocycles. The minimum Gasteiger partial charge on any atom is -0.349 e. The van der Waals surface area contributed by atoms with Crippen LogP contribution >= 0.6 is 11.8 Å². The third kappa shape index (κ3) is 6.11. The molecule has 1 aliphatic heterocycles. The average molecular weight is 397 g/mol. The van der Waals surface area contributed by atoms with Gasteiger partial charge in [0.25, 0.3) is 0 Å². The summed E-state index contributed by atoms with van der Waals surface area (Å²) in [4.78, 5) is 21.9. The maximum absolute atomic E-state index is 12.5. The lowest BCUT2D eigenvalue weighted by Gasteiger charge is -2.34. The second kappa shape index (κ2) is 10.3. The Morgan fingerprint density at radius 3 is 2.54 bits per heavy atom. The molecule has 28 heavy (non-hydrogen) atoms. The summed E-state index contributed by atoms with van der Waals surface area (Å²) in [6.45, 7) is 5.97. The van der Waals surface area contributed by atoms with Crippen molar-refractivity contribution in [3.63, 3.8) is 0 Å². The second-order valence-electron chi connectivity index (χ2n) is 6.91. The van der Waals surface area contributed by atoms with Crippen LogP contribution in [0.15, 0.2) is 59.6 Å². The van der Waals surface area contributed by atoms with Crippen molar-refractivity contribution in [2.45, 2.75) is 13.3 Å². The molecule has 0 aliphatic carbocycles. The van der Waals surface area contributed by atoms with Crippen LogP contribution in [-0.2, 0) is 11.2 Å². The summed E-state index contributed by atoms with van der Waals surface area (Å²) in [7, 11) is 2.14. The minimum atomic E-state index is -0.00635. The van der Waals surface area contributed by atoms with E-state index in [1.165, 1.54) is 17.3 Å². The molecule has 3 rings (SSSR count). The molecule has 0 atom stereocenters. The van der Waals surface area contributed by atoms with Crippen LogP contribution in [0.2, 0.25) is 0 Å². The number of carbonyl (C=O) groups is 1. The van der Waals surface area contributed by atoms with Gasteiger partial charge in [0.1, 0.15) is 0 Å². The van der Waals surface area contributed by atoms with Crippen molar-refractivity contribution < 1.29 is 4.79 Å². The number of amidine groups is 1. The predicted octanol–water partition coefficient (Wildman–Crippen LogP) is 3.86. The number of nitrogens with one attached hydrogen (secondary N) is 1. The molecule has 2 aromatic carbocycles. The summed E-state index contributed by atoms with van der Waals surface area (Å²) in [5, 5.41) is 3.92. The standard InChI is InChI=1S/C22H28N4OS/c1-3-18-8-7-11-20(16-18)23-21(27)17-28-22(24-19-9-5-4-6-10-19)26-14-12-25(2)13-15-26/h4-11,16H,3,12-15,17H2,1-2H3,(H,23,27). The number of carbonyl (C=O) groups excluding carboxylic acids is 1. The zero-order valence-electron chi connectivity index (χ0n) is 16.6. The summed E-state index contributed by atoms with van der Waals surface area (Å²) in [6, 6.07) is 18.0. The molecule has 148 valence electrons. The topological polar surface area (TPSA) is 47.9 Å². The number of anilines is 1. The number of para-hydroxylation sites is 1. The lowest BCUT2D eigenvalue weighted by Crippen LogP contribution is -2.46. The lowest BCUT2D eigenvalue weighted by atomic mass is 10.1. The van der Waals surface area contributed by atoms with E-state index in [1.54, 1.807) is 0 Å². The Labute approximate surface area is 171 Å². The van der Waals surface area contributed by atoms with Gasteiger partial charge >= 0.3 is 0 Å². The van der Waals surface area contributed by atoms with Gasteiger partial charge in [0, 0.05) is 31.9 Å². The van der Waals surface area contributed by atoms with E-state index in [0.717, 1.165) is 49.1 Å². The first kappa shape index (κ1) is 20.4. The van der Waals surface area contributed by atoms with Gasteiger partial charge in [-0.05, 0) is 43.3 Å². The predicted molar refractivity (Wildman–Crippen MR) is 120 cm³/mol. The van der Waals surface area contributed by atoms with Gasteiger partial charge in [-0.2, -0.15) is 0 Å². The monoisotopic (exact) mass is 396 g/mol. The van der Waals surface area contributed by atoms with Crippen LogP contribution in [0.1, 0.15) is 12.5 Å². The first-order valence-corrected chi connectivity index (χ1v) is 10.7. The Bertz CT molecular complexity index is 801. The number of benzene rings is 2. The number of rotatable bonds is 5. The van der Waals surface area contributed by atoms with Crippen LogP contribution in [-0.4, -0.2) is 59.9 Å². The van der Waals surface area contributed by atoms with Gasteiger partial charge in [-0.15, -0.1) is 0 Å². The first-order valence-electron chi connectivity index (χ1n) is 9.73. The molecule has 1 N–H and O–H groups in total. The number of hydrogen-bond acceptors (Lipinski definition) is 4. The third-order valence-electron chi connectivity index (χ3n) is 4.71. The highest BCUT2D eigenvalue weighted by Crippen LogP contribution is 2.19. The van der Waals surface area contributed by atoms with Gasteiger partial charge in [0.2, 0.25) is 5.91 Å². The highest BCUT2D eigenvalue weighted by molar-refractivity contribution is 8.14. The number of hydrogen-bond donors (Lipinski definition) is 1. The molecule has 0 spiro atoms. The number of piperazine rings is 1. The molecule has 6 heteroatoms. The zero-order chi connectivity index (χ0) is 19.8. The van der Waals surface area contributed by atoms with Crippen molar-refractivity contribution in [1.29, 1.82) is 0 Å². The fourth-order valence-electron chi connectivity index (χ4n) is 3.00. The van der Waals surface area contributed by atoms with Crippen molar-refractivity contribution in [3.8, 4) is 0 Å². The fraction of sp³-hybridized carbons (Fsp3) is 0.364. The maximum Gasteiger partial charge on any atom is 0.234 e. The molecule has 5 nitrogen and oxygen atoms in total. The quantitative estimate of drug-likeness (QED) is 0.616. The van der Waals surface area contributed by atoms with E-state index in [0.29, 0.717) is 5.75 Å². The van der Waals surface area contributed by atoms with Gasteiger partial charge in [-0.1, -0.05) is 49.0 Å². The summed E-state index contributed by atoms with van der Waals surface area (Å²) in [5.41, 5.74) is 2.99. The Balaban J connectivity index is 1.65. The Kier molecular flexibility index (Phi) is 7.51. The molecule has 1 heterocycles. The third-order valence-corrected chi connectivity index (χ3v) is 5.72. The lowest BCUT2D eigenvalue weighted by molar-refractivity contribution is -0.113. The van der Waals surface area contributed by atoms with Gasteiger partial charge < -0.3 is 15.1 Å². The first-order chi connectivity index (χ1) is 13.6. The van der Waals surface area contributed by atoms with Gasteiger partial charge in [0.05, 0.1) is 11.4 Å². The molecule has 2 aromatic rings. The van der Waals surface area contributed by atoms with Gasteiger partial charge in [-0.3, -0.25) is 4.79 Å². The highest BCUT2D eigenvalue weighted by Gasteiger charge is 2.19. The van der Waals surface area contributed by atoms with Gasteiger partial charge in [-0.25, -0.2) is 4.99 Å². The molecule has 1 fully saturated rings. The molecule has 1 aliphatic rings. The number of amides is 1. The SMILES string of the molecule is CCc1cccc(NC(=O)CSC(=Nc2ccccc2)N2CCN(C)CC2)c1. The van der Waals surface area contributed by atoms with Crippen LogP contribution in [0.3, 0.4) is 0 Å². The molecule has 1 amide bonds. The Hall–Kier alpha value is -2.31. The van der Waals surface area contributed by atoms with Gasteiger partial charge in [0.15, 0.2) is 5.17 Å². The maximum atomic E-state index is 12.5. The van der Waals surface area contributed by atoms with Crippen LogP contribution in [0.25, 0.3) is 0 Å². The molecule has 1 saturated heterocycles. The normalized spacial score (nSPS) is 15.5. The van der Waals surface area contributed by atoms with Crippen LogP contribution < -0.4 is 5.32 Å². The number of thioether (sulfide) groups is 1. The Morgan fingerprint density at radius 2 is 1.82 bits per heavy atom. The molecular weight excluding hydrogens is 368 g/mol. The van der Waals surface area contributed by atoms with Crippen molar-refractivity contribution >= 4 is 34.2 Å². The van der Waals surface area contributed by atoms with E-state index in [4.69, 9.17) is 4.99 Å². The van der Waals surface area contributed by atoms with E-state index in [9.17, 15) is 4.79 Å². The molecule has 0 bridgehead atoms. The number of nitrogens with zero attached hydrogens (tertiary/aromatic N) is 3. The van der Waals surface area contributed by atoms with Crippen LogP contribution in [0.5, 0.6) is 0 Å². The van der Waals surface area contributed by atoms with E-state index >= 15 is 0 Å². The summed E-state index contributed by atoms with van der Waals surface area (Å²) in [6.07, 6.45) is 0.954. The van der Waals surface area contributed by atoms with E-state index in [1.807, 2.05) is 48.5 Å². The molecular formula is C22H28N4OS. The zero-order valence-corrected chi connectivity index (χ0v) is 17.4. The van der Waals surface area contributed by atoms with Crippen molar-refractivity contribution in [2.75, 3.05) is 44.3 Å². The summed E-state index contributed by atoms with van der Waals surface area (Å²) in [5.74, 6) is 0.335. The van der Waals surface area contributed by atoms with Crippen LogP contribution in [0, 0.1) is 0 Å². The van der Waals surface area contributed by atoms with Crippen molar-refractivity contribution in [2.24, 2.45) is 4.99 Å². The fourth-order valence-corrected chi connectivity index (χ4v) is 3.87. The number of aryl methyl sites for hydroxylation is 1. The van der Waals surface area contributed by atoms with Crippen LogP contribution in [0.4, 0.5) is 11.4 Å². The largest absolute Gasteiger partial charge is 0.349 e. The average Bonchev–Trinajstić information content (AvgIpc) is 2.72. The summed E-state index contributed by atoms with van der Waals surface area (Å²) < 4.78 is 0. The smallest absolute Gasteiger partial charge is 0.234 e. The summed E-state index contributed by atoms with van der Waals surface area (Å²) >= 11 is 1.51. The molecule has 0 unspecified atom stereocenters.